The quantitative estimate of drug-likeness (QED) is 0.910. The van der Waals surface area contributed by atoms with Gasteiger partial charge in [0.25, 0.3) is 0 Å². The fraction of sp³-hybridized carbons (Fsp3) is 0.500. The number of rotatable bonds is 4. The van der Waals surface area contributed by atoms with Crippen molar-refractivity contribution in [2.45, 2.75) is 38.0 Å². The van der Waals surface area contributed by atoms with Crippen LogP contribution >= 0.6 is 0 Å². The molecule has 98 valence electrons. The zero-order valence-electron chi connectivity index (χ0n) is 10.7. The minimum absolute atomic E-state index is 0.154. The van der Waals surface area contributed by atoms with E-state index >= 15 is 0 Å². The lowest BCUT2D eigenvalue weighted by atomic mass is 9.97. The third-order valence-corrected chi connectivity index (χ3v) is 5.17. The van der Waals surface area contributed by atoms with Gasteiger partial charge in [-0.2, -0.15) is 0 Å². The third-order valence-electron chi connectivity index (χ3n) is 3.40. The minimum atomic E-state index is -1.25. The monoisotopic (exact) mass is 266 g/mol. The Bertz CT molecular complexity index is 506. The van der Waals surface area contributed by atoms with Gasteiger partial charge in [-0.3, -0.25) is 9.00 Å². The Morgan fingerprint density at radius 2 is 2.00 bits per heavy atom. The molecule has 1 aliphatic carbocycles. The van der Waals surface area contributed by atoms with E-state index < -0.39 is 22.2 Å². The molecule has 0 bridgehead atoms. The first-order valence-corrected chi connectivity index (χ1v) is 7.45. The summed E-state index contributed by atoms with van der Waals surface area (Å²) < 4.78 is 12.2. The lowest BCUT2D eigenvalue weighted by Gasteiger charge is -2.18. The molecule has 1 atom stereocenters. The highest BCUT2D eigenvalue weighted by molar-refractivity contribution is 7.85. The van der Waals surface area contributed by atoms with Gasteiger partial charge in [0.1, 0.15) is 0 Å². The normalized spacial score (nSPS) is 16.3. The number of hydrogen-bond acceptors (Lipinski definition) is 2. The maximum Gasteiger partial charge on any atom is 0.310 e. The minimum Gasteiger partial charge on any atom is -0.481 e. The molecular weight excluding hydrogens is 248 g/mol. The number of benzene rings is 1. The molecule has 1 aliphatic rings. The van der Waals surface area contributed by atoms with E-state index in [0.29, 0.717) is 0 Å². The first-order valence-electron chi connectivity index (χ1n) is 6.14. The molecule has 1 aromatic carbocycles. The Balaban J connectivity index is 2.17. The number of carboxylic acids is 1. The van der Waals surface area contributed by atoms with Gasteiger partial charge in [0.05, 0.1) is 16.2 Å². The second-order valence-corrected chi connectivity index (χ2v) is 6.91. The summed E-state index contributed by atoms with van der Waals surface area (Å²) in [5, 5.41) is 9.06. The average molecular weight is 266 g/mol. The highest BCUT2D eigenvalue weighted by Gasteiger charge is 2.30. The van der Waals surface area contributed by atoms with Gasteiger partial charge in [-0.15, -0.1) is 0 Å². The standard InChI is InChI=1S/C14H18O3S/c1-14(2,13(15)16)9-18(17)12-7-6-10-4-3-5-11(10)8-12/h6-8H,3-5,9H2,1-2H3,(H,15,16). The van der Waals surface area contributed by atoms with Crippen molar-refractivity contribution >= 4 is 16.8 Å². The van der Waals surface area contributed by atoms with Crippen LogP contribution < -0.4 is 0 Å². The summed E-state index contributed by atoms with van der Waals surface area (Å²) in [7, 11) is -1.25. The number of carbonyl (C=O) groups is 1. The van der Waals surface area contributed by atoms with Crippen molar-refractivity contribution in [1.82, 2.24) is 0 Å². The fourth-order valence-electron chi connectivity index (χ4n) is 2.16. The van der Waals surface area contributed by atoms with Crippen molar-refractivity contribution < 1.29 is 14.1 Å². The van der Waals surface area contributed by atoms with Crippen LogP contribution in [0.5, 0.6) is 0 Å². The van der Waals surface area contributed by atoms with E-state index in [1.165, 1.54) is 11.1 Å². The Hall–Kier alpha value is -1.16. The molecule has 4 heteroatoms. The molecule has 0 radical (unpaired) electrons. The van der Waals surface area contributed by atoms with Crippen LogP contribution in [0.1, 0.15) is 31.4 Å². The van der Waals surface area contributed by atoms with Crippen LogP contribution in [0.4, 0.5) is 0 Å². The SMILES string of the molecule is CC(C)(CS(=O)c1ccc2c(c1)CCC2)C(=O)O. The molecule has 0 amide bonds. The van der Waals surface area contributed by atoms with Gasteiger partial charge in [-0.25, -0.2) is 0 Å². The molecule has 2 rings (SSSR count). The summed E-state index contributed by atoms with van der Waals surface area (Å²) in [6, 6.07) is 5.89. The first-order chi connectivity index (χ1) is 8.40. The zero-order chi connectivity index (χ0) is 13.3. The summed E-state index contributed by atoms with van der Waals surface area (Å²) in [6.07, 6.45) is 3.30. The number of carboxylic acid groups (broad SMARTS) is 1. The smallest absolute Gasteiger partial charge is 0.310 e. The predicted octanol–water partition coefficient (Wildman–Crippen LogP) is 2.39. The van der Waals surface area contributed by atoms with E-state index in [0.717, 1.165) is 24.2 Å². The third kappa shape index (κ3) is 2.64. The van der Waals surface area contributed by atoms with E-state index in [2.05, 4.69) is 0 Å². The summed E-state index contributed by atoms with van der Waals surface area (Å²) in [4.78, 5) is 11.8. The first kappa shape index (κ1) is 13.3. The van der Waals surface area contributed by atoms with Crippen molar-refractivity contribution in [3.05, 3.63) is 29.3 Å². The molecular formula is C14H18O3S. The summed E-state index contributed by atoms with van der Waals surface area (Å²) in [5.74, 6) is -0.752. The molecule has 0 aliphatic heterocycles. The molecule has 1 N–H and O–H groups in total. The fourth-order valence-corrected chi connectivity index (χ4v) is 3.60. The number of fused-ring (bicyclic) bond motifs is 1. The highest BCUT2D eigenvalue weighted by atomic mass is 32.2. The molecule has 1 unspecified atom stereocenters. The number of aryl methyl sites for hydroxylation is 2. The van der Waals surface area contributed by atoms with Crippen LogP contribution in [0.15, 0.2) is 23.1 Å². The van der Waals surface area contributed by atoms with Crippen molar-refractivity contribution in [3.63, 3.8) is 0 Å². The topological polar surface area (TPSA) is 54.4 Å². The van der Waals surface area contributed by atoms with Crippen molar-refractivity contribution in [1.29, 1.82) is 0 Å². The molecule has 0 saturated carbocycles. The van der Waals surface area contributed by atoms with Gasteiger partial charge in [-0.1, -0.05) is 6.07 Å². The van der Waals surface area contributed by atoms with Crippen LogP contribution in [-0.4, -0.2) is 21.0 Å². The van der Waals surface area contributed by atoms with Gasteiger partial charge >= 0.3 is 5.97 Å². The summed E-state index contributed by atoms with van der Waals surface area (Å²) in [5.41, 5.74) is 1.66. The summed E-state index contributed by atoms with van der Waals surface area (Å²) >= 11 is 0. The van der Waals surface area contributed by atoms with Gasteiger partial charge in [-0.05, 0) is 56.4 Å². The summed E-state index contributed by atoms with van der Waals surface area (Å²) in [6.45, 7) is 3.22. The van der Waals surface area contributed by atoms with Crippen LogP contribution in [0, 0.1) is 5.41 Å². The molecule has 0 saturated heterocycles. The Labute approximate surface area is 110 Å². The highest BCUT2D eigenvalue weighted by Crippen LogP contribution is 2.26. The second kappa shape index (κ2) is 4.84. The molecule has 1 aromatic rings. The lowest BCUT2D eigenvalue weighted by Crippen LogP contribution is -2.30. The van der Waals surface area contributed by atoms with E-state index in [4.69, 9.17) is 5.11 Å². The van der Waals surface area contributed by atoms with Gasteiger partial charge in [0.2, 0.25) is 0 Å². The maximum absolute atomic E-state index is 12.2. The van der Waals surface area contributed by atoms with Crippen LogP contribution in [0.25, 0.3) is 0 Å². The maximum atomic E-state index is 12.2. The van der Waals surface area contributed by atoms with E-state index in [1.54, 1.807) is 13.8 Å². The largest absolute Gasteiger partial charge is 0.481 e. The Morgan fingerprint density at radius 3 is 2.67 bits per heavy atom. The van der Waals surface area contributed by atoms with Gasteiger partial charge < -0.3 is 5.11 Å². The van der Waals surface area contributed by atoms with E-state index in [9.17, 15) is 9.00 Å². The lowest BCUT2D eigenvalue weighted by molar-refractivity contribution is -0.145. The zero-order valence-corrected chi connectivity index (χ0v) is 11.5. The van der Waals surface area contributed by atoms with E-state index in [-0.39, 0.29) is 5.75 Å². The van der Waals surface area contributed by atoms with Gasteiger partial charge in [0, 0.05) is 10.6 Å². The Morgan fingerprint density at radius 1 is 1.33 bits per heavy atom. The molecule has 3 nitrogen and oxygen atoms in total. The second-order valence-electron chi connectivity index (χ2n) is 5.46. The van der Waals surface area contributed by atoms with E-state index in [1.807, 2.05) is 18.2 Å². The van der Waals surface area contributed by atoms with Crippen molar-refractivity contribution in [2.24, 2.45) is 5.41 Å². The van der Waals surface area contributed by atoms with Gasteiger partial charge in [0.15, 0.2) is 0 Å². The molecule has 0 aromatic heterocycles. The molecule has 18 heavy (non-hydrogen) atoms. The van der Waals surface area contributed by atoms with Crippen molar-refractivity contribution in [3.8, 4) is 0 Å². The number of aliphatic carboxylic acids is 1. The molecule has 0 fully saturated rings. The number of hydrogen-bond donors (Lipinski definition) is 1. The van der Waals surface area contributed by atoms with Crippen LogP contribution in [0.2, 0.25) is 0 Å². The predicted molar refractivity (Wildman–Crippen MR) is 71.2 cm³/mol. The average Bonchev–Trinajstić information content (AvgIpc) is 2.74. The molecule has 0 heterocycles. The van der Waals surface area contributed by atoms with Crippen LogP contribution in [-0.2, 0) is 28.4 Å². The van der Waals surface area contributed by atoms with Crippen LogP contribution in [0.3, 0.4) is 0 Å². The van der Waals surface area contributed by atoms with Crippen molar-refractivity contribution in [2.75, 3.05) is 5.75 Å². The Kier molecular flexibility index (Phi) is 3.57. The molecule has 0 spiro atoms.